The van der Waals surface area contributed by atoms with E-state index in [0.29, 0.717) is 32.4 Å². The lowest BCUT2D eigenvalue weighted by molar-refractivity contribution is -0.133. The average molecular weight is 325 g/mol. The summed E-state index contributed by atoms with van der Waals surface area (Å²) in [6.45, 7) is 1.24. The number of hydrogen-bond donors (Lipinski definition) is 1. The lowest BCUT2D eigenvalue weighted by Gasteiger charge is -2.34. The van der Waals surface area contributed by atoms with Gasteiger partial charge >= 0.3 is 0 Å². The van der Waals surface area contributed by atoms with Crippen molar-refractivity contribution in [2.75, 3.05) is 13.1 Å². The molecule has 24 heavy (non-hydrogen) atoms. The number of rotatable bonds is 5. The number of benzene rings is 1. The van der Waals surface area contributed by atoms with Gasteiger partial charge in [-0.15, -0.1) is 0 Å². The summed E-state index contributed by atoms with van der Waals surface area (Å²) >= 11 is 0. The first-order valence-electron chi connectivity index (χ1n) is 8.67. The number of nitrogens with one attached hydrogen (secondary N) is 1. The molecule has 2 fully saturated rings. The van der Waals surface area contributed by atoms with Crippen LogP contribution in [0.3, 0.4) is 0 Å². The molecular weight excluding hydrogens is 302 g/mol. The van der Waals surface area contributed by atoms with Crippen molar-refractivity contribution in [3.05, 3.63) is 35.9 Å². The highest BCUT2D eigenvalue weighted by Crippen LogP contribution is 2.40. The van der Waals surface area contributed by atoms with Gasteiger partial charge in [0.2, 0.25) is 11.8 Å². The number of amides is 2. The minimum atomic E-state index is -0.815. The van der Waals surface area contributed by atoms with Gasteiger partial charge in [0.05, 0.1) is 6.07 Å². The maximum Gasteiger partial charge on any atom is 0.240 e. The molecule has 5 nitrogen and oxygen atoms in total. The van der Waals surface area contributed by atoms with E-state index in [1.807, 2.05) is 35.2 Å². The van der Waals surface area contributed by atoms with Gasteiger partial charge in [0, 0.05) is 25.6 Å². The van der Waals surface area contributed by atoms with Crippen molar-refractivity contribution >= 4 is 11.8 Å². The monoisotopic (exact) mass is 325 g/mol. The van der Waals surface area contributed by atoms with E-state index in [0.717, 1.165) is 24.8 Å². The zero-order chi connectivity index (χ0) is 17.0. The van der Waals surface area contributed by atoms with Crippen LogP contribution in [0.4, 0.5) is 0 Å². The maximum atomic E-state index is 12.3. The van der Waals surface area contributed by atoms with Crippen LogP contribution in [-0.2, 0) is 16.0 Å². The topological polar surface area (TPSA) is 73.2 Å². The molecule has 1 unspecified atom stereocenters. The van der Waals surface area contributed by atoms with Crippen LogP contribution < -0.4 is 5.32 Å². The molecule has 1 atom stereocenters. The lowest BCUT2D eigenvalue weighted by Crippen LogP contribution is -2.49. The number of carbonyl (C=O) groups excluding carboxylic acids is 2. The van der Waals surface area contributed by atoms with Crippen LogP contribution >= 0.6 is 0 Å². The second kappa shape index (κ2) is 7.04. The average Bonchev–Trinajstić information content (AvgIpc) is 3.01. The minimum Gasteiger partial charge on any atom is -0.350 e. The smallest absolute Gasteiger partial charge is 0.240 e. The summed E-state index contributed by atoms with van der Waals surface area (Å²) in [4.78, 5) is 26.4. The fourth-order valence-electron chi connectivity index (χ4n) is 3.40. The Balaban J connectivity index is 1.46. The van der Waals surface area contributed by atoms with Gasteiger partial charge in [0.15, 0.2) is 0 Å². The zero-order valence-corrected chi connectivity index (χ0v) is 13.8. The van der Waals surface area contributed by atoms with E-state index in [9.17, 15) is 14.9 Å². The molecule has 3 rings (SSSR count). The van der Waals surface area contributed by atoms with Gasteiger partial charge < -0.3 is 10.2 Å². The summed E-state index contributed by atoms with van der Waals surface area (Å²) in [5.41, 5.74) is 0.348. The lowest BCUT2D eigenvalue weighted by atomic mass is 9.69. The second-order valence-electron chi connectivity index (χ2n) is 6.83. The SMILES string of the molecule is N#CC1(C(=O)NC2CCN(C(=O)CCc3ccccc3)C2)CCC1. The van der Waals surface area contributed by atoms with Crippen LogP contribution in [0.2, 0.25) is 0 Å². The molecule has 1 saturated heterocycles. The second-order valence-corrected chi connectivity index (χ2v) is 6.83. The van der Waals surface area contributed by atoms with Gasteiger partial charge in [-0.25, -0.2) is 0 Å². The first-order valence-corrected chi connectivity index (χ1v) is 8.67. The van der Waals surface area contributed by atoms with E-state index < -0.39 is 5.41 Å². The molecule has 0 radical (unpaired) electrons. The first kappa shape index (κ1) is 16.5. The molecule has 5 heteroatoms. The van der Waals surface area contributed by atoms with Crippen molar-refractivity contribution in [1.82, 2.24) is 10.2 Å². The van der Waals surface area contributed by atoms with Crippen LogP contribution in [0.1, 0.15) is 37.7 Å². The Bertz CT molecular complexity index is 646. The molecule has 1 aliphatic carbocycles. The highest BCUT2D eigenvalue weighted by atomic mass is 16.2. The zero-order valence-electron chi connectivity index (χ0n) is 13.8. The van der Waals surface area contributed by atoms with E-state index in [-0.39, 0.29) is 17.9 Å². The Hall–Kier alpha value is -2.35. The number of nitriles is 1. The summed E-state index contributed by atoms with van der Waals surface area (Å²) in [6, 6.07) is 12.1. The Labute approximate surface area is 142 Å². The number of nitrogens with zero attached hydrogens (tertiary/aromatic N) is 2. The van der Waals surface area contributed by atoms with E-state index in [4.69, 9.17) is 0 Å². The number of likely N-dealkylation sites (tertiary alicyclic amines) is 1. The number of hydrogen-bond acceptors (Lipinski definition) is 3. The van der Waals surface area contributed by atoms with E-state index in [2.05, 4.69) is 11.4 Å². The fraction of sp³-hybridized carbons (Fsp3) is 0.526. The van der Waals surface area contributed by atoms with Crippen molar-refractivity contribution in [3.8, 4) is 6.07 Å². The minimum absolute atomic E-state index is 0.0241. The quantitative estimate of drug-likeness (QED) is 0.900. The molecule has 2 amide bonds. The van der Waals surface area contributed by atoms with Crippen LogP contribution in [0.25, 0.3) is 0 Å². The first-order chi connectivity index (χ1) is 11.6. The van der Waals surface area contributed by atoms with Crippen molar-refractivity contribution < 1.29 is 9.59 Å². The summed E-state index contributed by atoms with van der Waals surface area (Å²) in [5, 5.41) is 12.2. The Kier molecular flexibility index (Phi) is 4.84. The Morgan fingerprint density at radius 1 is 1.29 bits per heavy atom. The third-order valence-corrected chi connectivity index (χ3v) is 5.20. The van der Waals surface area contributed by atoms with Crippen molar-refractivity contribution in [2.24, 2.45) is 5.41 Å². The standard InChI is InChI=1S/C19H23N3O2/c20-14-19(10-4-11-19)18(24)21-16-9-12-22(13-16)17(23)8-7-15-5-2-1-3-6-15/h1-3,5-6,16H,4,7-13H2,(H,21,24). The van der Waals surface area contributed by atoms with Gasteiger partial charge in [-0.05, 0) is 37.7 Å². The van der Waals surface area contributed by atoms with Gasteiger partial charge in [-0.3, -0.25) is 9.59 Å². The summed E-state index contributed by atoms with van der Waals surface area (Å²) in [6.07, 6.45) is 4.25. The summed E-state index contributed by atoms with van der Waals surface area (Å²) < 4.78 is 0. The molecule has 126 valence electrons. The molecule has 1 aliphatic heterocycles. The van der Waals surface area contributed by atoms with Crippen molar-refractivity contribution in [1.29, 1.82) is 5.26 Å². The Morgan fingerprint density at radius 3 is 2.67 bits per heavy atom. The van der Waals surface area contributed by atoms with Crippen LogP contribution in [0, 0.1) is 16.7 Å². The highest BCUT2D eigenvalue weighted by molar-refractivity contribution is 5.86. The third kappa shape index (κ3) is 3.43. The van der Waals surface area contributed by atoms with Gasteiger partial charge in [-0.2, -0.15) is 5.26 Å². The maximum absolute atomic E-state index is 12.3. The van der Waals surface area contributed by atoms with Gasteiger partial charge in [0.1, 0.15) is 5.41 Å². The van der Waals surface area contributed by atoms with Crippen molar-refractivity contribution in [3.63, 3.8) is 0 Å². The third-order valence-electron chi connectivity index (χ3n) is 5.20. The van der Waals surface area contributed by atoms with Crippen LogP contribution in [0.5, 0.6) is 0 Å². The Morgan fingerprint density at radius 2 is 2.04 bits per heavy atom. The van der Waals surface area contributed by atoms with Crippen LogP contribution in [0.15, 0.2) is 30.3 Å². The molecule has 0 bridgehead atoms. The number of carbonyl (C=O) groups is 2. The highest BCUT2D eigenvalue weighted by Gasteiger charge is 2.45. The molecule has 1 saturated carbocycles. The molecule has 0 spiro atoms. The van der Waals surface area contributed by atoms with Crippen LogP contribution in [-0.4, -0.2) is 35.8 Å². The number of aryl methyl sites for hydroxylation is 1. The molecule has 2 aliphatic rings. The van der Waals surface area contributed by atoms with E-state index in [1.165, 1.54) is 0 Å². The van der Waals surface area contributed by atoms with Gasteiger partial charge in [0.25, 0.3) is 0 Å². The molecule has 1 aromatic carbocycles. The molecule has 1 heterocycles. The predicted octanol–water partition coefficient (Wildman–Crippen LogP) is 2.03. The molecule has 1 N–H and O–H groups in total. The van der Waals surface area contributed by atoms with E-state index in [1.54, 1.807) is 0 Å². The summed E-state index contributed by atoms with van der Waals surface area (Å²) in [7, 11) is 0. The van der Waals surface area contributed by atoms with Crippen molar-refractivity contribution in [2.45, 2.75) is 44.6 Å². The van der Waals surface area contributed by atoms with E-state index >= 15 is 0 Å². The summed E-state index contributed by atoms with van der Waals surface area (Å²) in [5.74, 6) is -0.0194. The fourth-order valence-corrected chi connectivity index (χ4v) is 3.40. The van der Waals surface area contributed by atoms with Gasteiger partial charge in [-0.1, -0.05) is 30.3 Å². The molecular formula is C19H23N3O2. The normalized spacial score (nSPS) is 21.6. The predicted molar refractivity (Wildman–Crippen MR) is 89.8 cm³/mol. The molecule has 0 aromatic heterocycles. The molecule has 1 aromatic rings. The largest absolute Gasteiger partial charge is 0.350 e.